The summed E-state index contributed by atoms with van der Waals surface area (Å²) in [6.07, 6.45) is -0.171. The first-order chi connectivity index (χ1) is 12.7. The number of hydrogen-bond donors (Lipinski definition) is 3. The summed E-state index contributed by atoms with van der Waals surface area (Å²) in [4.78, 5) is 12.1. The fraction of sp³-hybridized carbons (Fsp3) is 0.263. The number of hydrazine groups is 1. The molecule has 0 aromatic heterocycles. The molecule has 2 aromatic rings. The van der Waals surface area contributed by atoms with Gasteiger partial charge < -0.3 is 5.32 Å². The minimum absolute atomic E-state index is 0.171. The van der Waals surface area contributed by atoms with Gasteiger partial charge in [0.05, 0.1) is 10.6 Å². The molecule has 0 aliphatic carbocycles. The van der Waals surface area contributed by atoms with Crippen LogP contribution in [0.3, 0.4) is 0 Å². The van der Waals surface area contributed by atoms with Gasteiger partial charge >= 0.3 is 0 Å². The summed E-state index contributed by atoms with van der Waals surface area (Å²) in [6.45, 7) is 5.89. The summed E-state index contributed by atoms with van der Waals surface area (Å²) >= 11 is 5.12. The highest BCUT2D eigenvalue weighted by Gasteiger charge is 2.16. The molecule has 2 rings (SSSR count). The van der Waals surface area contributed by atoms with Gasteiger partial charge in [0.25, 0.3) is 0 Å². The smallest absolute Gasteiger partial charge is 0.239 e. The largest absolute Gasteiger partial charge is 0.331 e. The maximum atomic E-state index is 12.2. The lowest BCUT2D eigenvalue weighted by Gasteiger charge is -2.12. The van der Waals surface area contributed by atoms with Crippen LogP contribution in [-0.2, 0) is 14.6 Å². The molecule has 8 heteroatoms. The van der Waals surface area contributed by atoms with E-state index in [0.717, 1.165) is 16.8 Å². The second kappa shape index (κ2) is 8.96. The molecule has 3 N–H and O–H groups in total. The molecule has 1 amide bonds. The zero-order valence-corrected chi connectivity index (χ0v) is 17.1. The van der Waals surface area contributed by atoms with Gasteiger partial charge in [-0.2, -0.15) is 0 Å². The molecular formula is C19H23N3O3S2. The van der Waals surface area contributed by atoms with Crippen molar-refractivity contribution in [3.8, 4) is 0 Å². The molecular weight excluding hydrogens is 382 g/mol. The molecule has 0 aliphatic heterocycles. The first-order valence-electron chi connectivity index (χ1n) is 8.40. The molecule has 27 heavy (non-hydrogen) atoms. The molecule has 0 spiro atoms. The number of sulfone groups is 1. The molecule has 6 nitrogen and oxygen atoms in total. The highest BCUT2D eigenvalue weighted by atomic mass is 32.2. The third-order valence-electron chi connectivity index (χ3n) is 4.06. The van der Waals surface area contributed by atoms with E-state index in [0.29, 0.717) is 0 Å². The van der Waals surface area contributed by atoms with Crippen LogP contribution in [0.5, 0.6) is 0 Å². The van der Waals surface area contributed by atoms with E-state index in [2.05, 4.69) is 16.2 Å². The predicted octanol–water partition coefficient (Wildman–Crippen LogP) is 2.79. The number of amides is 1. The average molecular weight is 406 g/mol. The third kappa shape index (κ3) is 6.33. The van der Waals surface area contributed by atoms with E-state index in [-0.39, 0.29) is 22.2 Å². The molecule has 0 atom stereocenters. The first-order valence-corrected chi connectivity index (χ1v) is 10.5. The highest BCUT2D eigenvalue weighted by molar-refractivity contribution is 7.91. The molecule has 0 aliphatic rings. The van der Waals surface area contributed by atoms with E-state index in [4.69, 9.17) is 12.2 Å². The SMILES string of the molecule is Cc1ccc(S(=O)(=O)CCC(=O)NNC(=S)Nc2ccc(C)c(C)c2)cc1. The zero-order chi connectivity index (χ0) is 20.0. The second-order valence-electron chi connectivity index (χ2n) is 6.31. The van der Waals surface area contributed by atoms with Gasteiger partial charge in [-0.15, -0.1) is 0 Å². The number of anilines is 1. The van der Waals surface area contributed by atoms with Crippen molar-refractivity contribution in [2.75, 3.05) is 11.1 Å². The van der Waals surface area contributed by atoms with Crippen LogP contribution in [0, 0.1) is 20.8 Å². The lowest BCUT2D eigenvalue weighted by molar-refractivity contribution is -0.121. The van der Waals surface area contributed by atoms with E-state index in [9.17, 15) is 13.2 Å². The number of thiocarbonyl (C=S) groups is 1. The number of aryl methyl sites for hydroxylation is 3. The molecule has 0 radical (unpaired) electrons. The standard InChI is InChI=1S/C19H23N3O3S2/c1-13-4-8-17(9-5-13)27(24,25)11-10-18(23)21-22-19(26)20-16-7-6-14(2)15(3)12-16/h4-9,12H,10-11H2,1-3H3,(H,21,23)(H2,20,22,26). The normalized spacial score (nSPS) is 10.9. The van der Waals surface area contributed by atoms with Crippen molar-refractivity contribution in [1.29, 1.82) is 0 Å². The Morgan fingerprint density at radius 1 is 0.963 bits per heavy atom. The Morgan fingerprint density at radius 3 is 2.26 bits per heavy atom. The Morgan fingerprint density at radius 2 is 1.63 bits per heavy atom. The van der Waals surface area contributed by atoms with Crippen molar-refractivity contribution in [1.82, 2.24) is 10.9 Å². The molecule has 0 saturated heterocycles. The van der Waals surface area contributed by atoms with Crippen LogP contribution in [0.15, 0.2) is 47.4 Å². The van der Waals surface area contributed by atoms with Crippen LogP contribution in [0.4, 0.5) is 5.69 Å². The minimum atomic E-state index is -3.51. The summed E-state index contributed by atoms with van der Waals surface area (Å²) in [5.41, 5.74) is 9.04. The number of nitrogens with one attached hydrogen (secondary N) is 3. The van der Waals surface area contributed by atoms with E-state index >= 15 is 0 Å². The molecule has 144 valence electrons. The number of carbonyl (C=O) groups is 1. The van der Waals surface area contributed by atoms with Crippen molar-refractivity contribution in [2.45, 2.75) is 32.1 Å². The van der Waals surface area contributed by atoms with Crippen LogP contribution in [0.25, 0.3) is 0 Å². The molecule has 0 fully saturated rings. The molecule has 0 heterocycles. The van der Waals surface area contributed by atoms with Gasteiger partial charge in [0, 0.05) is 12.1 Å². The van der Waals surface area contributed by atoms with Gasteiger partial charge in [0.1, 0.15) is 0 Å². The monoisotopic (exact) mass is 405 g/mol. The lowest BCUT2D eigenvalue weighted by atomic mass is 10.1. The van der Waals surface area contributed by atoms with Crippen LogP contribution in [0.1, 0.15) is 23.1 Å². The Labute approximate surface area is 165 Å². The minimum Gasteiger partial charge on any atom is -0.331 e. The molecule has 0 unspecified atom stereocenters. The van der Waals surface area contributed by atoms with Crippen molar-refractivity contribution in [2.24, 2.45) is 0 Å². The van der Waals surface area contributed by atoms with Crippen LogP contribution in [-0.4, -0.2) is 25.2 Å². The van der Waals surface area contributed by atoms with Crippen LogP contribution >= 0.6 is 12.2 Å². The molecule has 0 bridgehead atoms. The van der Waals surface area contributed by atoms with Crippen molar-refractivity contribution < 1.29 is 13.2 Å². The van der Waals surface area contributed by atoms with Gasteiger partial charge in [0.15, 0.2) is 14.9 Å². The maximum Gasteiger partial charge on any atom is 0.239 e. The number of carbonyl (C=O) groups excluding carboxylic acids is 1. The maximum absolute atomic E-state index is 12.2. The Bertz CT molecular complexity index is 939. The Balaban J connectivity index is 1.80. The van der Waals surface area contributed by atoms with E-state index < -0.39 is 15.7 Å². The van der Waals surface area contributed by atoms with Crippen molar-refractivity contribution in [3.05, 3.63) is 59.2 Å². The van der Waals surface area contributed by atoms with E-state index in [1.807, 2.05) is 39.0 Å². The van der Waals surface area contributed by atoms with E-state index in [1.165, 1.54) is 5.56 Å². The summed E-state index contributed by atoms with van der Waals surface area (Å²) in [6, 6.07) is 12.3. The lowest BCUT2D eigenvalue weighted by Crippen LogP contribution is -2.44. The highest BCUT2D eigenvalue weighted by Crippen LogP contribution is 2.14. The van der Waals surface area contributed by atoms with Crippen molar-refractivity contribution >= 4 is 38.8 Å². The summed E-state index contributed by atoms with van der Waals surface area (Å²) in [7, 11) is -3.51. The predicted molar refractivity (Wildman–Crippen MR) is 111 cm³/mol. The van der Waals surface area contributed by atoms with Gasteiger partial charge in [-0.1, -0.05) is 23.8 Å². The third-order valence-corrected chi connectivity index (χ3v) is 5.99. The number of hydrogen-bond acceptors (Lipinski definition) is 4. The second-order valence-corrected chi connectivity index (χ2v) is 8.83. The number of rotatable bonds is 5. The number of benzene rings is 2. The molecule has 2 aromatic carbocycles. The fourth-order valence-corrected chi connectivity index (χ4v) is 3.67. The summed E-state index contributed by atoms with van der Waals surface area (Å²) in [5, 5.41) is 3.17. The average Bonchev–Trinajstić information content (AvgIpc) is 2.62. The zero-order valence-electron chi connectivity index (χ0n) is 15.5. The van der Waals surface area contributed by atoms with E-state index in [1.54, 1.807) is 24.3 Å². The topological polar surface area (TPSA) is 87.3 Å². The quantitative estimate of drug-likeness (QED) is 0.524. The van der Waals surface area contributed by atoms with Gasteiger partial charge in [-0.05, 0) is 68.4 Å². The van der Waals surface area contributed by atoms with Crippen LogP contribution in [0.2, 0.25) is 0 Å². The fourth-order valence-electron chi connectivity index (χ4n) is 2.26. The van der Waals surface area contributed by atoms with Gasteiger partial charge in [-0.3, -0.25) is 15.6 Å². The Kier molecular flexibility index (Phi) is 6.92. The summed E-state index contributed by atoms with van der Waals surface area (Å²) < 4.78 is 24.5. The van der Waals surface area contributed by atoms with Crippen molar-refractivity contribution in [3.63, 3.8) is 0 Å². The van der Waals surface area contributed by atoms with Gasteiger partial charge in [-0.25, -0.2) is 8.42 Å². The Hall–Kier alpha value is -2.45. The van der Waals surface area contributed by atoms with Gasteiger partial charge in [0.2, 0.25) is 5.91 Å². The van der Waals surface area contributed by atoms with Crippen LogP contribution < -0.4 is 16.2 Å². The first kappa shape index (κ1) is 20.9. The summed E-state index contributed by atoms with van der Waals surface area (Å²) in [5.74, 6) is -0.740. The molecule has 0 saturated carbocycles.